The SMILES string of the molecule is c1ccc(CNc2cnon2)cc1. The number of benzene rings is 1. The van der Waals surface area contributed by atoms with Gasteiger partial charge in [0.15, 0.2) is 5.82 Å². The van der Waals surface area contributed by atoms with Crippen LogP contribution < -0.4 is 5.32 Å². The van der Waals surface area contributed by atoms with E-state index >= 15 is 0 Å². The van der Waals surface area contributed by atoms with E-state index < -0.39 is 0 Å². The summed E-state index contributed by atoms with van der Waals surface area (Å²) in [6.45, 7) is 0.731. The minimum atomic E-state index is 0.656. The zero-order valence-electron chi connectivity index (χ0n) is 6.97. The first-order chi connectivity index (χ1) is 6.45. The average Bonchev–Trinajstić information content (AvgIpc) is 2.69. The molecule has 0 unspecified atom stereocenters. The van der Waals surface area contributed by atoms with Crippen LogP contribution in [0.15, 0.2) is 41.2 Å². The standard InChI is InChI=1S/C9H9N3O/c1-2-4-8(5-3-1)6-10-9-7-11-13-12-9/h1-5,7H,6H2,(H,10,12). The van der Waals surface area contributed by atoms with Crippen molar-refractivity contribution in [2.75, 3.05) is 5.32 Å². The third-order valence-corrected chi connectivity index (χ3v) is 1.68. The van der Waals surface area contributed by atoms with Gasteiger partial charge in [-0.05, 0) is 10.7 Å². The molecule has 0 aliphatic heterocycles. The summed E-state index contributed by atoms with van der Waals surface area (Å²) in [5.74, 6) is 0.656. The molecular weight excluding hydrogens is 166 g/mol. The maximum Gasteiger partial charge on any atom is 0.191 e. The summed E-state index contributed by atoms with van der Waals surface area (Å²) in [6, 6.07) is 10.1. The monoisotopic (exact) mass is 175 g/mol. The van der Waals surface area contributed by atoms with Crippen molar-refractivity contribution in [3.63, 3.8) is 0 Å². The van der Waals surface area contributed by atoms with Crippen LogP contribution in [0, 0.1) is 0 Å². The van der Waals surface area contributed by atoms with Crippen molar-refractivity contribution in [2.45, 2.75) is 6.54 Å². The summed E-state index contributed by atoms with van der Waals surface area (Å²) in [7, 11) is 0. The van der Waals surface area contributed by atoms with Crippen LogP contribution in [-0.4, -0.2) is 10.3 Å². The lowest BCUT2D eigenvalue weighted by atomic mass is 10.2. The Morgan fingerprint density at radius 1 is 1.23 bits per heavy atom. The molecule has 4 nitrogen and oxygen atoms in total. The Balaban J connectivity index is 1.94. The van der Waals surface area contributed by atoms with Gasteiger partial charge in [-0.2, -0.15) is 0 Å². The predicted octanol–water partition coefficient (Wildman–Crippen LogP) is 1.68. The van der Waals surface area contributed by atoms with Crippen LogP contribution in [-0.2, 0) is 6.54 Å². The van der Waals surface area contributed by atoms with Gasteiger partial charge in [-0.1, -0.05) is 35.5 Å². The van der Waals surface area contributed by atoms with E-state index in [9.17, 15) is 0 Å². The van der Waals surface area contributed by atoms with Gasteiger partial charge in [0.1, 0.15) is 6.20 Å². The van der Waals surface area contributed by atoms with Crippen LogP contribution in [0.4, 0.5) is 5.82 Å². The first-order valence-electron chi connectivity index (χ1n) is 4.00. The second-order valence-electron chi connectivity index (χ2n) is 2.63. The Hall–Kier alpha value is -1.84. The predicted molar refractivity (Wildman–Crippen MR) is 48.1 cm³/mol. The normalized spacial score (nSPS) is 9.85. The lowest BCUT2D eigenvalue weighted by Crippen LogP contribution is -1.98. The highest BCUT2D eigenvalue weighted by molar-refractivity contribution is 5.30. The Morgan fingerprint density at radius 2 is 2.08 bits per heavy atom. The highest BCUT2D eigenvalue weighted by Crippen LogP contribution is 2.03. The van der Waals surface area contributed by atoms with Crippen LogP contribution in [0.25, 0.3) is 0 Å². The van der Waals surface area contributed by atoms with E-state index in [1.807, 2.05) is 30.3 Å². The minimum Gasteiger partial charge on any atom is -0.362 e. The van der Waals surface area contributed by atoms with Crippen LogP contribution in [0.3, 0.4) is 0 Å². The van der Waals surface area contributed by atoms with E-state index in [0.717, 1.165) is 6.54 Å². The van der Waals surface area contributed by atoms with E-state index in [0.29, 0.717) is 5.82 Å². The molecule has 0 saturated carbocycles. The van der Waals surface area contributed by atoms with Crippen molar-refractivity contribution in [1.29, 1.82) is 0 Å². The van der Waals surface area contributed by atoms with Crippen molar-refractivity contribution >= 4 is 5.82 Å². The Morgan fingerprint density at radius 3 is 2.77 bits per heavy atom. The molecule has 0 bridgehead atoms. The summed E-state index contributed by atoms with van der Waals surface area (Å²) in [4.78, 5) is 0. The second-order valence-corrected chi connectivity index (χ2v) is 2.63. The molecule has 2 aromatic rings. The molecule has 0 aliphatic rings. The van der Waals surface area contributed by atoms with Gasteiger partial charge >= 0.3 is 0 Å². The fourth-order valence-electron chi connectivity index (χ4n) is 1.03. The van der Waals surface area contributed by atoms with Gasteiger partial charge < -0.3 is 5.32 Å². The molecule has 0 saturated heterocycles. The molecule has 0 atom stereocenters. The zero-order valence-corrected chi connectivity index (χ0v) is 6.97. The molecular formula is C9H9N3O. The molecule has 0 aliphatic carbocycles. The lowest BCUT2D eigenvalue weighted by molar-refractivity contribution is 0.308. The molecule has 1 aromatic heterocycles. The van der Waals surface area contributed by atoms with Crippen molar-refractivity contribution in [3.05, 3.63) is 42.1 Å². The largest absolute Gasteiger partial charge is 0.362 e. The van der Waals surface area contributed by atoms with Gasteiger partial charge in [0.25, 0.3) is 0 Å². The molecule has 1 aromatic carbocycles. The molecule has 0 radical (unpaired) electrons. The fraction of sp³-hybridized carbons (Fsp3) is 0.111. The van der Waals surface area contributed by atoms with Crippen LogP contribution in [0.1, 0.15) is 5.56 Å². The quantitative estimate of drug-likeness (QED) is 0.771. The molecule has 0 fully saturated rings. The first kappa shape index (κ1) is 7.79. The fourth-order valence-corrected chi connectivity index (χ4v) is 1.03. The van der Waals surface area contributed by atoms with Gasteiger partial charge in [-0.3, -0.25) is 0 Å². The van der Waals surface area contributed by atoms with E-state index in [4.69, 9.17) is 0 Å². The number of hydrogen-bond donors (Lipinski definition) is 1. The molecule has 1 heterocycles. The van der Waals surface area contributed by atoms with Crippen LogP contribution in [0.2, 0.25) is 0 Å². The smallest absolute Gasteiger partial charge is 0.191 e. The Bertz CT molecular complexity index is 344. The summed E-state index contributed by atoms with van der Waals surface area (Å²) in [6.07, 6.45) is 1.54. The average molecular weight is 175 g/mol. The number of hydrogen-bond acceptors (Lipinski definition) is 4. The van der Waals surface area contributed by atoms with Crippen molar-refractivity contribution < 1.29 is 4.63 Å². The van der Waals surface area contributed by atoms with Gasteiger partial charge in [0.05, 0.1) is 0 Å². The lowest BCUT2D eigenvalue weighted by Gasteiger charge is -2.00. The number of rotatable bonds is 3. The molecule has 0 spiro atoms. The third kappa shape index (κ3) is 2.05. The van der Waals surface area contributed by atoms with E-state index in [-0.39, 0.29) is 0 Å². The third-order valence-electron chi connectivity index (χ3n) is 1.68. The summed E-state index contributed by atoms with van der Waals surface area (Å²) in [5, 5.41) is 10.2. The molecule has 66 valence electrons. The number of nitrogens with zero attached hydrogens (tertiary/aromatic N) is 2. The second kappa shape index (κ2) is 3.71. The Labute approximate surface area is 75.5 Å². The van der Waals surface area contributed by atoms with Crippen molar-refractivity contribution in [3.8, 4) is 0 Å². The van der Waals surface area contributed by atoms with Gasteiger partial charge in [0.2, 0.25) is 0 Å². The van der Waals surface area contributed by atoms with E-state index in [1.165, 1.54) is 5.56 Å². The van der Waals surface area contributed by atoms with E-state index in [1.54, 1.807) is 6.20 Å². The summed E-state index contributed by atoms with van der Waals surface area (Å²) in [5.41, 5.74) is 1.20. The van der Waals surface area contributed by atoms with Crippen molar-refractivity contribution in [1.82, 2.24) is 10.3 Å². The number of aromatic nitrogens is 2. The van der Waals surface area contributed by atoms with Crippen molar-refractivity contribution in [2.24, 2.45) is 0 Å². The van der Waals surface area contributed by atoms with Gasteiger partial charge in [-0.25, -0.2) is 4.63 Å². The molecule has 4 heteroatoms. The summed E-state index contributed by atoms with van der Waals surface area (Å²) >= 11 is 0. The minimum absolute atomic E-state index is 0.656. The van der Waals surface area contributed by atoms with Gasteiger partial charge in [-0.15, -0.1) is 0 Å². The van der Waals surface area contributed by atoms with E-state index in [2.05, 4.69) is 20.3 Å². The Kier molecular flexibility index (Phi) is 2.22. The molecule has 2 rings (SSSR count). The number of nitrogens with one attached hydrogen (secondary N) is 1. The van der Waals surface area contributed by atoms with Crippen LogP contribution >= 0.6 is 0 Å². The summed E-state index contributed by atoms with van der Waals surface area (Å²) < 4.78 is 4.44. The maximum absolute atomic E-state index is 4.44. The zero-order chi connectivity index (χ0) is 8.93. The maximum atomic E-state index is 4.44. The highest BCUT2D eigenvalue weighted by atomic mass is 16.6. The van der Waals surface area contributed by atoms with Crippen LogP contribution in [0.5, 0.6) is 0 Å². The molecule has 0 amide bonds. The molecule has 1 N–H and O–H groups in total. The van der Waals surface area contributed by atoms with Gasteiger partial charge in [0, 0.05) is 6.54 Å². The first-order valence-corrected chi connectivity index (χ1v) is 4.00. The topological polar surface area (TPSA) is 51.0 Å². The molecule has 13 heavy (non-hydrogen) atoms. The highest BCUT2D eigenvalue weighted by Gasteiger charge is 1.95. The number of anilines is 1.